The van der Waals surface area contributed by atoms with Gasteiger partial charge in [0.05, 0.1) is 43.7 Å². The number of nitrogens with one attached hydrogen (secondary N) is 2. The number of alkyl halides is 3. The molecule has 2 aliphatic heterocycles. The molecule has 6 rings (SSSR count). The Labute approximate surface area is 181 Å². The van der Waals surface area contributed by atoms with E-state index in [1.807, 2.05) is 0 Å². The molecule has 172 valence electrons. The smallest absolute Gasteiger partial charge is 0.421 e. The molecule has 12 heteroatoms. The van der Waals surface area contributed by atoms with Crippen molar-refractivity contribution in [3.05, 3.63) is 17.5 Å². The minimum atomic E-state index is -4.60. The maximum Gasteiger partial charge on any atom is 0.421 e. The second-order valence-corrected chi connectivity index (χ2v) is 8.93. The Balaban J connectivity index is 1.47. The minimum absolute atomic E-state index is 0.0262. The lowest BCUT2D eigenvalue weighted by Gasteiger charge is -2.33. The third-order valence-corrected chi connectivity index (χ3v) is 6.66. The van der Waals surface area contributed by atoms with Gasteiger partial charge in [0.1, 0.15) is 17.1 Å². The second-order valence-electron chi connectivity index (χ2n) is 8.93. The fourth-order valence-electron chi connectivity index (χ4n) is 4.46. The lowest BCUT2D eigenvalue weighted by molar-refractivity contribution is -0.137. The molecule has 9 nitrogen and oxygen atoms in total. The van der Waals surface area contributed by atoms with E-state index in [4.69, 9.17) is 14.6 Å². The summed E-state index contributed by atoms with van der Waals surface area (Å²) in [6, 6.07) is -0.588. The number of aliphatic hydroxyl groups is 1. The Hall–Kier alpha value is -2.60. The highest BCUT2D eigenvalue weighted by atomic mass is 19.4. The number of aromatic nitrogens is 4. The molecule has 2 aromatic heterocycles. The maximum atomic E-state index is 13.6. The Kier molecular flexibility index (Phi) is 4.51. The van der Waals surface area contributed by atoms with Crippen LogP contribution in [0.2, 0.25) is 0 Å². The third-order valence-electron chi connectivity index (χ3n) is 6.66. The Bertz CT molecular complexity index is 1040. The van der Waals surface area contributed by atoms with Gasteiger partial charge in [-0.2, -0.15) is 23.3 Å². The number of halogens is 3. The van der Waals surface area contributed by atoms with Crippen molar-refractivity contribution in [3.8, 4) is 5.88 Å². The van der Waals surface area contributed by atoms with Crippen LogP contribution < -0.4 is 15.4 Å². The quantitative estimate of drug-likeness (QED) is 0.639. The summed E-state index contributed by atoms with van der Waals surface area (Å²) in [6.07, 6.45) is -0.902. The second kappa shape index (κ2) is 7.20. The number of hydrogen-bond donors (Lipinski definition) is 3. The predicted octanol–water partition coefficient (Wildman–Crippen LogP) is 2.83. The average molecular weight is 452 g/mol. The van der Waals surface area contributed by atoms with E-state index in [0.717, 1.165) is 31.2 Å². The zero-order chi connectivity index (χ0) is 22.0. The molecule has 1 saturated heterocycles. The molecular weight excluding hydrogens is 429 g/mol. The van der Waals surface area contributed by atoms with Crippen LogP contribution >= 0.6 is 0 Å². The molecule has 2 saturated carbocycles. The number of aliphatic hydroxyl groups excluding tert-OH is 1. The van der Waals surface area contributed by atoms with Crippen molar-refractivity contribution in [1.82, 2.24) is 19.7 Å². The van der Waals surface area contributed by atoms with Crippen LogP contribution in [0.15, 0.2) is 6.20 Å². The molecule has 32 heavy (non-hydrogen) atoms. The molecule has 2 aliphatic carbocycles. The molecule has 3 fully saturated rings. The summed E-state index contributed by atoms with van der Waals surface area (Å²) >= 11 is 0. The van der Waals surface area contributed by atoms with Gasteiger partial charge in [0, 0.05) is 18.0 Å². The number of fused-ring (bicyclic) bond motifs is 4. The normalized spacial score (nSPS) is 29.5. The van der Waals surface area contributed by atoms with Crippen LogP contribution in [0.25, 0.3) is 0 Å². The first-order valence-corrected chi connectivity index (χ1v) is 10.9. The van der Waals surface area contributed by atoms with E-state index >= 15 is 0 Å². The van der Waals surface area contributed by atoms with Crippen LogP contribution in [0.1, 0.15) is 48.9 Å². The van der Waals surface area contributed by atoms with Crippen LogP contribution in [0.3, 0.4) is 0 Å². The first kappa shape index (κ1) is 20.0. The first-order valence-electron chi connectivity index (χ1n) is 10.9. The Morgan fingerprint density at radius 1 is 1.12 bits per heavy atom. The van der Waals surface area contributed by atoms with E-state index in [9.17, 15) is 18.3 Å². The monoisotopic (exact) mass is 452 g/mol. The molecular formula is C20H23F3N6O3. The highest BCUT2D eigenvalue weighted by Gasteiger charge is 2.41. The number of ether oxygens (including phenoxy) is 2. The van der Waals surface area contributed by atoms with Gasteiger partial charge in [-0.15, -0.1) is 0 Å². The summed E-state index contributed by atoms with van der Waals surface area (Å²) in [7, 11) is 0. The summed E-state index contributed by atoms with van der Waals surface area (Å²) < 4.78 is 54.3. The summed E-state index contributed by atoms with van der Waals surface area (Å²) in [5.41, 5.74) is 0.412. The Morgan fingerprint density at radius 2 is 1.97 bits per heavy atom. The standard InChI is InChI=1S/C20H23F3N6O3/c21-20(22,23)11-5-24-19-26-16-15(9-1-2-9)28-29(13-3-4-14(13)30)18(16)32-7-10-6-31-8-12(10)25-17(11)27-19/h5,9-10,12-14,30H,1-4,6-8H2,(H2,24,25,26,27)/t10-,12+,13-,14-/m0/s1. The van der Waals surface area contributed by atoms with Crippen LogP contribution in [0.4, 0.5) is 30.6 Å². The van der Waals surface area contributed by atoms with Crippen molar-refractivity contribution in [3.63, 3.8) is 0 Å². The van der Waals surface area contributed by atoms with Crippen LogP contribution in [0, 0.1) is 5.92 Å². The summed E-state index contributed by atoms with van der Waals surface area (Å²) in [5, 5.41) is 21.0. The van der Waals surface area contributed by atoms with Crippen molar-refractivity contribution < 1.29 is 27.8 Å². The molecule has 2 aromatic rings. The van der Waals surface area contributed by atoms with E-state index in [0.29, 0.717) is 24.6 Å². The number of rotatable bonds is 2. The van der Waals surface area contributed by atoms with Gasteiger partial charge in [-0.3, -0.25) is 0 Å². The highest BCUT2D eigenvalue weighted by Crippen LogP contribution is 2.49. The largest absolute Gasteiger partial charge is 0.476 e. The van der Waals surface area contributed by atoms with Gasteiger partial charge in [0.25, 0.3) is 0 Å². The van der Waals surface area contributed by atoms with Gasteiger partial charge < -0.3 is 25.2 Å². The van der Waals surface area contributed by atoms with Crippen LogP contribution in [-0.4, -0.2) is 56.8 Å². The van der Waals surface area contributed by atoms with E-state index < -0.39 is 23.9 Å². The molecule has 0 radical (unpaired) electrons. The molecule has 4 atom stereocenters. The van der Waals surface area contributed by atoms with Crippen molar-refractivity contribution >= 4 is 17.5 Å². The number of anilines is 3. The summed E-state index contributed by atoms with van der Waals surface area (Å²) in [6.45, 7) is 0.837. The average Bonchev–Trinajstić information content (AvgIpc) is 3.40. The fraction of sp³-hybridized carbons (Fsp3) is 0.650. The van der Waals surface area contributed by atoms with Gasteiger partial charge in [0.15, 0.2) is 0 Å². The first-order chi connectivity index (χ1) is 15.4. The van der Waals surface area contributed by atoms with E-state index in [-0.39, 0.29) is 42.9 Å². The van der Waals surface area contributed by atoms with Crippen LogP contribution in [-0.2, 0) is 10.9 Å². The molecule has 2 bridgehead atoms. The van der Waals surface area contributed by atoms with Gasteiger partial charge >= 0.3 is 6.18 Å². The van der Waals surface area contributed by atoms with Gasteiger partial charge in [-0.1, -0.05) is 0 Å². The lowest BCUT2D eigenvalue weighted by Crippen LogP contribution is -2.36. The molecule has 0 amide bonds. The lowest BCUT2D eigenvalue weighted by atomic mass is 9.89. The topological polar surface area (TPSA) is 106 Å². The Morgan fingerprint density at radius 3 is 2.66 bits per heavy atom. The van der Waals surface area contributed by atoms with Crippen molar-refractivity contribution in [2.24, 2.45) is 5.92 Å². The molecule has 0 spiro atoms. The molecule has 0 unspecified atom stereocenters. The minimum Gasteiger partial charge on any atom is -0.476 e. The van der Waals surface area contributed by atoms with Gasteiger partial charge in [-0.05, 0) is 25.7 Å². The van der Waals surface area contributed by atoms with Gasteiger partial charge in [-0.25, -0.2) is 9.67 Å². The van der Waals surface area contributed by atoms with E-state index in [1.165, 1.54) is 0 Å². The third kappa shape index (κ3) is 3.36. The van der Waals surface area contributed by atoms with E-state index in [1.54, 1.807) is 4.68 Å². The highest BCUT2D eigenvalue weighted by molar-refractivity contribution is 5.66. The van der Waals surface area contributed by atoms with Gasteiger partial charge in [0.2, 0.25) is 11.8 Å². The number of hydrogen-bond acceptors (Lipinski definition) is 8. The maximum absolute atomic E-state index is 13.6. The zero-order valence-electron chi connectivity index (χ0n) is 17.1. The summed E-state index contributed by atoms with van der Waals surface area (Å²) in [5.74, 6) is 0.262. The molecule has 0 aromatic carbocycles. The van der Waals surface area contributed by atoms with Crippen molar-refractivity contribution in [2.75, 3.05) is 30.5 Å². The molecule has 4 aliphatic rings. The van der Waals surface area contributed by atoms with E-state index in [2.05, 4.69) is 20.6 Å². The number of nitrogens with zero attached hydrogens (tertiary/aromatic N) is 4. The molecule has 4 heterocycles. The zero-order valence-corrected chi connectivity index (χ0v) is 17.1. The van der Waals surface area contributed by atoms with Crippen molar-refractivity contribution in [1.29, 1.82) is 0 Å². The molecule has 3 N–H and O–H groups in total. The SMILES string of the molecule is O[C@H]1CC[C@@H]1n1nc(C2CC2)c2c1OC[C@@H]1COC[C@H]1Nc1nc(ncc1C(F)(F)F)N2. The summed E-state index contributed by atoms with van der Waals surface area (Å²) in [4.78, 5) is 8.11. The van der Waals surface area contributed by atoms with Crippen LogP contribution in [0.5, 0.6) is 5.88 Å². The predicted molar refractivity (Wildman–Crippen MR) is 106 cm³/mol. The van der Waals surface area contributed by atoms with Crippen molar-refractivity contribution in [2.45, 2.75) is 56.0 Å². The fourth-order valence-corrected chi connectivity index (χ4v) is 4.46.